The number of anilines is 1. The maximum Gasteiger partial charge on any atom is 0.356 e. The monoisotopic (exact) mass is 487 g/mol. The van der Waals surface area contributed by atoms with Crippen molar-refractivity contribution in [2.45, 2.75) is 62.7 Å². The Kier molecular flexibility index (Phi) is 7.80. The van der Waals surface area contributed by atoms with E-state index in [1.54, 1.807) is 10.9 Å². The second kappa shape index (κ2) is 10.6. The number of ether oxygens (including phenoxy) is 3. The molecule has 0 bridgehead atoms. The van der Waals surface area contributed by atoms with E-state index < -0.39 is 32.4 Å². The molecule has 1 aliphatic carbocycles. The summed E-state index contributed by atoms with van der Waals surface area (Å²) in [5.74, 6) is -0.953. The molecule has 2 aromatic heterocycles. The highest BCUT2D eigenvalue weighted by Gasteiger charge is 2.34. The van der Waals surface area contributed by atoms with Crippen LogP contribution in [0.1, 0.15) is 44.8 Å². The Morgan fingerprint density at radius 3 is 2.70 bits per heavy atom. The van der Waals surface area contributed by atoms with Crippen molar-refractivity contribution < 1.29 is 38.8 Å². The van der Waals surface area contributed by atoms with Crippen molar-refractivity contribution in [2.24, 2.45) is 0 Å². The lowest BCUT2D eigenvalue weighted by Crippen LogP contribution is -2.24. The van der Waals surface area contributed by atoms with E-state index in [4.69, 9.17) is 24.4 Å². The zero-order valence-electron chi connectivity index (χ0n) is 18.1. The molecule has 5 N–H and O–H groups in total. The van der Waals surface area contributed by atoms with E-state index in [9.17, 15) is 14.4 Å². The molecule has 0 amide bonds. The van der Waals surface area contributed by atoms with Crippen molar-refractivity contribution in [3.8, 4) is 6.01 Å². The number of hydrogen-bond acceptors (Lipinski definition) is 10. The Bertz CT molecular complexity index is 978. The first-order valence-electron chi connectivity index (χ1n) is 11.1. The van der Waals surface area contributed by atoms with Gasteiger partial charge in [0.15, 0.2) is 17.7 Å². The molecule has 0 spiro atoms. The number of nitrogens with zero attached hydrogens (tertiary/aromatic N) is 4. The van der Waals surface area contributed by atoms with Gasteiger partial charge in [0.05, 0.1) is 37.5 Å². The van der Waals surface area contributed by atoms with Crippen LogP contribution < -0.4 is 10.1 Å². The molecule has 2 aliphatic rings. The van der Waals surface area contributed by atoms with Crippen molar-refractivity contribution in [1.29, 1.82) is 0 Å². The topological polar surface area (TPSA) is 181 Å². The number of aliphatic hydroxyl groups excluding tert-OH is 2. The number of fused-ring (bicyclic) bond motifs is 1. The summed E-state index contributed by atoms with van der Waals surface area (Å²) in [6.45, 7) is -0.953. The van der Waals surface area contributed by atoms with Gasteiger partial charge >= 0.3 is 13.6 Å². The van der Waals surface area contributed by atoms with Crippen LogP contribution in [0.15, 0.2) is 6.20 Å². The summed E-state index contributed by atoms with van der Waals surface area (Å²) in [7, 11) is -4.56. The van der Waals surface area contributed by atoms with E-state index in [0.29, 0.717) is 30.3 Å². The molecular weight excluding hydrogens is 457 g/mol. The summed E-state index contributed by atoms with van der Waals surface area (Å²) in [6, 6.07) is 0.444. The summed E-state index contributed by atoms with van der Waals surface area (Å²) in [5.41, 5.74) is 0.522. The summed E-state index contributed by atoms with van der Waals surface area (Å²) in [4.78, 5) is 27.4. The molecule has 2 aromatic rings. The number of aromatic nitrogens is 4. The normalized spacial score (nSPS) is 22.8. The van der Waals surface area contributed by atoms with Crippen LogP contribution in [0.25, 0.3) is 11.0 Å². The van der Waals surface area contributed by atoms with Gasteiger partial charge in [0.25, 0.3) is 0 Å². The van der Waals surface area contributed by atoms with Crippen LogP contribution in [0.5, 0.6) is 6.01 Å². The molecule has 1 saturated heterocycles. The fourth-order valence-electron chi connectivity index (χ4n) is 4.16. The van der Waals surface area contributed by atoms with Crippen molar-refractivity contribution >= 4 is 24.4 Å². The maximum atomic E-state index is 11.3. The van der Waals surface area contributed by atoms with E-state index >= 15 is 0 Å². The van der Waals surface area contributed by atoms with Crippen LogP contribution in [0.4, 0.5) is 5.82 Å². The average molecular weight is 487 g/mol. The zero-order valence-corrected chi connectivity index (χ0v) is 19.0. The predicted molar refractivity (Wildman–Crippen MR) is 116 cm³/mol. The third-order valence-electron chi connectivity index (χ3n) is 5.82. The molecule has 2 fully saturated rings. The second-order valence-corrected chi connectivity index (χ2v) is 9.98. The van der Waals surface area contributed by atoms with Crippen molar-refractivity contribution in [1.82, 2.24) is 19.7 Å². The third-order valence-corrected chi connectivity index (χ3v) is 6.88. The molecule has 184 valence electrons. The molecule has 33 heavy (non-hydrogen) atoms. The van der Waals surface area contributed by atoms with Gasteiger partial charge in [-0.25, -0.2) is 4.68 Å². The highest BCUT2D eigenvalue weighted by molar-refractivity contribution is 7.52. The quantitative estimate of drug-likeness (QED) is 0.281. The molecule has 4 rings (SSSR count). The van der Waals surface area contributed by atoms with Crippen molar-refractivity contribution in [2.75, 3.05) is 31.7 Å². The van der Waals surface area contributed by atoms with Gasteiger partial charge in [-0.2, -0.15) is 15.1 Å². The summed E-state index contributed by atoms with van der Waals surface area (Å²) < 4.78 is 29.6. The minimum atomic E-state index is -4.56. The molecule has 3 heterocycles. The standard InChI is InChI=1S/C19H30N5O8P/c25-7-8-30-19-22-17(21-12-3-1-2-4-12)14-9-20-24(18(14)23-19)15-6-5-13(32-15)11-31-16(10-26)33(27,28)29/h9,12-13,15-16,25-26H,1-8,10-11H2,(H,21,22,23)(H2,27,28,29). The first-order valence-corrected chi connectivity index (χ1v) is 12.8. The molecule has 3 atom stereocenters. The Morgan fingerprint density at radius 1 is 1.21 bits per heavy atom. The molecule has 13 nitrogen and oxygen atoms in total. The second-order valence-electron chi connectivity index (χ2n) is 8.23. The molecule has 0 radical (unpaired) electrons. The van der Waals surface area contributed by atoms with E-state index in [0.717, 1.165) is 31.1 Å². The largest absolute Gasteiger partial charge is 0.461 e. The van der Waals surface area contributed by atoms with Crippen molar-refractivity contribution in [3.63, 3.8) is 0 Å². The van der Waals surface area contributed by atoms with Gasteiger partial charge in [-0.1, -0.05) is 12.8 Å². The van der Waals surface area contributed by atoms with Gasteiger partial charge in [-0.15, -0.1) is 0 Å². The minimum Gasteiger partial charge on any atom is -0.461 e. The number of hydrogen-bond donors (Lipinski definition) is 5. The molecule has 14 heteroatoms. The number of aliphatic hydroxyl groups is 2. The number of rotatable bonds is 11. The zero-order chi connectivity index (χ0) is 23.4. The fourth-order valence-corrected chi connectivity index (χ4v) is 4.65. The SMILES string of the molecule is O=P(O)(O)C(CO)OCC1CCC(n2ncc3c(NC4CCCC4)nc(OCCO)nc32)O1. The van der Waals surface area contributed by atoms with Crippen LogP contribution in [0.2, 0.25) is 0 Å². The van der Waals surface area contributed by atoms with Crippen LogP contribution in [-0.4, -0.2) is 84.2 Å². The van der Waals surface area contributed by atoms with Crippen molar-refractivity contribution in [3.05, 3.63) is 6.20 Å². The Labute approximate surface area is 190 Å². The predicted octanol–water partition coefficient (Wildman–Crippen LogP) is 0.742. The van der Waals surface area contributed by atoms with E-state index in [1.165, 1.54) is 0 Å². The fraction of sp³-hybridized carbons (Fsp3) is 0.737. The Balaban J connectivity index is 1.51. The van der Waals surface area contributed by atoms with Crippen LogP contribution in [-0.2, 0) is 14.0 Å². The van der Waals surface area contributed by atoms with Gasteiger partial charge in [-0.05, 0) is 25.7 Å². The lowest BCUT2D eigenvalue weighted by atomic mass is 10.2. The Morgan fingerprint density at radius 2 is 2.00 bits per heavy atom. The van der Waals surface area contributed by atoms with E-state index in [1.807, 2.05) is 0 Å². The lowest BCUT2D eigenvalue weighted by molar-refractivity contribution is -0.0592. The summed E-state index contributed by atoms with van der Waals surface area (Å²) >= 11 is 0. The minimum absolute atomic E-state index is 0.0629. The first kappa shape index (κ1) is 24.3. The van der Waals surface area contributed by atoms with E-state index in [2.05, 4.69) is 20.4 Å². The van der Waals surface area contributed by atoms with Gasteiger partial charge in [-0.3, -0.25) is 4.57 Å². The molecular formula is C19H30N5O8P. The van der Waals surface area contributed by atoms with Gasteiger partial charge in [0.2, 0.25) is 0 Å². The van der Waals surface area contributed by atoms with Gasteiger partial charge < -0.3 is 39.5 Å². The molecule has 0 aromatic carbocycles. The number of nitrogens with one attached hydrogen (secondary N) is 1. The lowest BCUT2D eigenvalue weighted by Gasteiger charge is -2.20. The van der Waals surface area contributed by atoms with Crippen LogP contribution >= 0.6 is 7.60 Å². The molecule has 1 saturated carbocycles. The third kappa shape index (κ3) is 5.80. The summed E-state index contributed by atoms with van der Waals surface area (Å²) in [6.07, 6.45) is 6.41. The smallest absolute Gasteiger partial charge is 0.356 e. The highest BCUT2D eigenvalue weighted by Crippen LogP contribution is 2.42. The molecule has 3 unspecified atom stereocenters. The van der Waals surface area contributed by atoms with Gasteiger partial charge in [0, 0.05) is 6.04 Å². The first-order chi connectivity index (χ1) is 15.9. The maximum absolute atomic E-state index is 11.3. The Hall–Kier alpha value is -1.86. The van der Waals surface area contributed by atoms with E-state index in [-0.39, 0.29) is 25.8 Å². The summed E-state index contributed by atoms with van der Waals surface area (Å²) in [5, 5.41) is 26.9. The average Bonchev–Trinajstić information content (AvgIpc) is 3.52. The highest BCUT2D eigenvalue weighted by atomic mass is 31.2. The van der Waals surface area contributed by atoms with Gasteiger partial charge in [0.1, 0.15) is 12.4 Å². The molecule has 1 aliphatic heterocycles. The van der Waals surface area contributed by atoms with Crippen LogP contribution in [0, 0.1) is 0 Å². The van der Waals surface area contributed by atoms with Crippen LogP contribution in [0.3, 0.4) is 0 Å².